The van der Waals surface area contributed by atoms with Gasteiger partial charge in [0.2, 0.25) is 0 Å². The van der Waals surface area contributed by atoms with Crippen LogP contribution in [0.25, 0.3) is 22.3 Å². The molecule has 0 heteroatoms. The summed E-state index contributed by atoms with van der Waals surface area (Å²) >= 11 is 0. The first kappa shape index (κ1) is 17.0. The highest BCUT2D eigenvalue weighted by molar-refractivity contribution is 5.88. The largest absolute Gasteiger partial charge is 0.0651 e. The van der Waals surface area contributed by atoms with E-state index in [4.69, 9.17) is 0 Å². The van der Waals surface area contributed by atoms with E-state index in [1.54, 1.807) is 0 Å². The van der Waals surface area contributed by atoms with Crippen molar-refractivity contribution in [3.63, 3.8) is 0 Å². The Morgan fingerprint density at radius 1 is 0.607 bits per heavy atom. The Balaban J connectivity index is 1.73. The van der Waals surface area contributed by atoms with Crippen LogP contribution in [0.15, 0.2) is 97.1 Å². The van der Waals surface area contributed by atoms with Gasteiger partial charge in [-0.25, -0.2) is 0 Å². The predicted octanol–water partition coefficient (Wildman–Crippen LogP) is 7.47. The molecule has 4 aromatic rings. The minimum absolute atomic E-state index is 0.290. The zero-order chi connectivity index (χ0) is 18.9. The van der Waals surface area contributed by atoms with Gasteiger partial charge in [-0.3, -0.25) is 0 Å². The summed E-state index contributed by atoms with van der Waals surface area (Å²) in [5.41, 5.74) is 11.1. The smallest absolute Gasteiger partial charge is 0.0358 e. The lowest BCUT2D eigenvalue weighted by Gasteiger charge is -2.18. The summed E-state index contributed by atoms with van der Waals surface area (Å²) in [6.07, 6.45) is 2.33. The summed E-state index contributed by atoms with van der Waals surface area (Å²) in [4.78, 5) is 0. The molecular formula is C28H24. The van der Waals surface area contributed by atoms with E-state index in [1.807, 2.05) is 0 Å². The molecule has 0 radical (unpaired) electrons. The van der Waals surface area contributed by atoms with E-state index in [1.165, 1.54) is 50.9 Å². The second kappa shape index (κ2) is 7.13. The van der Waals surface area contributed by atoms with Gasteiger partial charge in [-0.05, 0) is 50.9 Å². The first-order valence-corrected chi connectivity index (χ1v) is 10.2. The molecule has 0 amide bonds. The van der Waals surface area contributed by atoms with Crippen LogP contribution in [0.5, 0.6) is 0 Å². The minimum Gasteiger partial charge on any atom is -0.0651 e. The highest BCUT2D eigenvalue weighted by Crippen LogP contribution is 2.51. The van der Waals surface area contributed by atoms with Gasteiger partial charge in [0.05, 0.1) is 0 Å². The van der Waals surface area contributed by atoms with Crippen LogP contribution < -0.4 is 0 Å². The molecule has 136 valence electrons. The van der Waals surface area contributed by atoms with Crippen LogP contribution in [0.2, 0.25) is 0 Å². The van der Waals surface area contributed by atoms with E-state index in [0.717, 1.165) is 6.42 Å². The van der Waals surface area contributed by atoms with Crippen molar-refractivity contribution in [1.82, 2.24) is 0 Å². The normalized spacial score (nSPS) is 14.5. The number of aryl methyl sites for hydroxylation is 1. The molecule has 0 aliphatic heterocycles. The Hall–Kier alpha value is -3.12. The summed E-state index contributed by atoms with van der Waals surface area (Å²) in [5.74, 6) is 0.290. The zero-order valence-corrected chi connectivity index (χ0v) is 16.2. The highest BCUT2D eigenvalue weighted by Gasteiger charge is 2.31. The van der Waals surface area contributed by atoms with Gasteiger partial charge in [-0.1, -0.05) is 110 Å². The minimum atomic E-state index is 0.290. The topological polar surface area (TPSA) is 0 Å². The second-order valence-electron chi connectivity index (χ2n) is 7.64. The summed E-state index contributed by atoms with van der Waals surface area (Å²) in [6.45, 7) is 2.24. The third kappa shape index (κ3) is 2.77. The van der Waals surface area contributed by atoms with E-state index in [2.05, 4.69) is 104 Å². The molecule has 0 aromatic heterocycles. The van der Waals surface area contributed by atoms with Crippen LogP contribution in [-0.2, 0) is 6.42 Å². The van der Waals surface area contributed by atoms with Crippen molar-refractivity contribution in [2.24, 2.45) is 0 Å². The molecule has 0 nitrogen and oxygen atoms in total. The van der Waals surface area contributed by atoms with Crippen molar-refractivity contribution in [3.05, 3.63) is 119 Å². The molecule has 0 N–H and O–H groups in total. The molecule has 0 saturated carbocycles. The molecule has 1 aliphatic rings. The van der Waals surface area contributed by atoms with Crippen LogP contribution >= 0.6 is 0 Å². The fourth-order valence-corrected chi connectivity index (χ4v) is 4.64. The van der Waals surface area contributed by atoms with E-state index < -0.39 is 0 Å². The number of fused-ring (bicyclic) bond motifs is 3. The third-order valence-corrected chi connectivity index (χ3v) is 5.89. The first-order chi connectivity index (χ1) is 13.9. The molecule has 0 bridgehead atoms. The Morgan fingerprint density at radius 3 is 2.07 bits per heavy atom. The van der Waals surface area contributed by atoms with Gasteiger partial charge in [0.25, 0.3) is 0 Å². The van der Waals surface area contributed by atoms with E-state index >= 15 is 0 Å². The Bertz CT molecular complexity index is 1100. The van der Waals surface area contributed by atoms with Crippen molar-refractivity contribution in [2.75, 3.05) is 0 Å². The summed E-state index contributed by atoms with van der Waals surface area (Å²) < 4.78 is 0. The lowest BCUT2D eigenvalue weighted by molar-refractivity contribution is 0.917. The van der Waals surface area contributed by atoms with Crippen LogP contribution in [0.1, 0.15) is 41.5 Å². The van der Waals surface area contributed by atoms with Crippen molar-refractivity contribution in [1.29, 1.82) is 0 Å². The quantitative estimate of drug-likeness (QED) is 0.312. The summed E-state index contributed by atoms with van der Waals surface area (Å²) in [7, 11) is 0. The number of rotatable bonds is 4. The monoisotopic (exact) mass is 360 g/mol. The van der Waals surface area contributed by atoms with Crippen molar-refractivity contribution in [2.45, 2.75) is 25.7 Å². The molecule has 1 aliphatic carbocycles. The predicted molar refractivity (Wildman–Crippen MR) is 119 cm³/mol. The average molecular weight is 361 g/mol. The Kier molecular flexibility index (Phi) is 4.33. The molecule has 28 heavy (non-hydrogen) atoms. The lowest BCUT2D eigenvalue weighted by Crippen LogP contribution is -2.01. The maximum absolute atomic E-state index is 2.34. The van der Waals surface area contributed by atoms with Gasteiger partial charge in [-0.15, -0.1) is 0 Å². The molecular weight excluding hydrogens is 336 g/mol. The zero-order valence-electron chi connectivity index (χ0n) is 16.2. The number of hydrogen-bond acceptors (Lipinski definition) is 0. The van der Waals surface area contributed by atoms with Gasteiger partial charge in [-0.2, -0.15) is 0 Å². The molecule has 0 saturated heterocycles. The second-order valence-corrected chi connectivity index (χ2v) is 7.64. The van der Waals surface area contributed by atoms with E-state index in [-0.39, 0.29) is 0 Å². The van der Waals surface area contributed by atoms with Gasteiger partial charge >= 0.3 is 0 Å². The third-order valence-electron chi connectivity index (χ3n) is 5.89. The Morgan fingerprint density at radius 2 is 1.29 bits per heavy atom. The molecule has 1 unspecified atom stereocenters. The highest BCUT2D eigenvalue weighted by atomic mass is 14.3. The van der Waals surface area contributed by atoms with Gasteiger partial charge in [0.15, 0.2) is 0 Å². The molecule has 0 heterocycles. The van der Waals surface area contributed by atoms with Gasteiger partial charge in [0.1, 0.15) is 0 Å². The average Bonchev–Trinajstić information content (AvgIpc) is 3.10. The van der Waals surface area contributed by atoms with E-state index in [0.29, 0.717) is 5.92 Å². The number of benzene rings is 4. The molecule has 0 spiro atoms. The first-order valence-electron chi connectivity index (χ1n) is 10.2. The molecule has 1 atom stereocenters. The van der Waals surface area contributed by atoms with Crippen LogP contribution in [-0.4, -0.2) is 0 Å². The molecule has 5 rings (SSSR count). The van der Waals surface area contributed by atoms with Crippen molar-refractivity contribution < 1.29 is 0 Å². The maximum atomic E-state index is 2.34. The summed E-state index contributed by atoms with van der Waals surface area (Å²) in [6, 6.07) is 35.7. The SMILES string of the molecule is CCCc1ccc(C2c3ccccc3-c3cccc(-c4ccccc4)c32)cc1. The Labute approximate surface area is 167 Å². The fraction of sp³-hybridized carbons (Fsp3) is 0.143. The molecule has 0 fully saturated rings. The van der Waals surface area contributed by atoms with Crippen LogP contribution in [0.3, 0.4) is 0 Å². The van der Waals surface area contributed by atoms with Gasteiger partial charge < -0.3 is 0 Å². The molecule has 4 aromatic carbocycles. The van der Waals surface area contributed by atoms with Crippen molar-refractivity contribution in [3.8, 4) is 22.3 Å². The fourth-order valence-electron chi connectivity index (χ4n) is 4.64. The van der Waals surface area contributed by atoms with Gasteiger partial charge in [0, 0.05) is 5.92 Å². The number of hydrogen-bond donors (Lipinski definition) is 0. The van der Waals surface area contributed by atoms with Crippen LogP contribution in [0.4, 0.5) is 0 Å². The van der Waals surface area contributed by atoms with E-state index in [9.17, 15) is 0 Å². The summed E-state index contributed by atoms with van der Waals surface area (Å²) in [5, 5.41) is 0. The van der Waals surface area contributed by atoms with Crippen molar-refractivity contribution >= 4 is 0 Å². The maximum Gasteiger partial charge on any atom is 0.0358 e. The standard InChI is InChI=1S/C28H24/c1-2-9-20-16-18-22(19-17-20)27-25-13-7-6-12-24(25)26-15-8-14-23(28(26)27)21-10-4-3-5-11-21/h3-8,10-19,27H,2,9H2,1H3. The van der Waals surface area contributed by atoms with Crippen LogP contribution in [0, 0.1) is 0 Å². The lowest BCUT2D eigenvalue weighted by atomic mass is 9.84.